The maximum absolute atomic E-state index is 12.0. The van der Waals surface area contributed by atoms with E-state index in [1.807, 2.05) is 61.5 Å². The predicted molar refractivity (Wildman–Crippen MR) is 122 cm³/mol. The van der Waals surface area contributed by atoms with Crippen LogP contribution in [0.2, 0.25) is 0 Å². The topological polar surface area (TPSA) is 74.2 Å². The summed E-state index contributed by atoms with van der Waals surface area (Å²) >= 11 is 0. The molecule has 0 bridgehead atoms. The lowest BCUT2D eigenvalue weighted by atomic mass is 9.79. The summed E-state index contributed by atoms with van der Waals surface area (Å²) in [6.07, 6.45) is 0.378. The predicted octanol–water partition coefficient (Wildman–Crippen LogP) is 5.83. The molecule has 168 valence electrons. The summed E-state index contributed by atoms with van der Waals surface area (Å²) in [7, 11) is 3.01. The molecule has 1 unspecified atom stereocenters. The Balaban J connectivity index is 1.83. The van der Waals surface area contributed by atoms with Crippen LogP contribution in [0.1, 0.15) is 31.4 Å². The van der Waals surface area contributed by atoms with Crippen LogP contribution in [0.25, 0.3) is 0 Å². The van der Waals surface area contributed by atoms with Gasteiger partial charge in [-0.1, -0.05) is 37.3 Å². The summed E-state index contributed by atoms with van der Waals surface area (Å²) in [6, 6.07) is 20.6. The van der Waals surface area contributed by atoms with E-state index >= 15 is 0 Å². The highest BCUT2D eigenvalue weighted by Crippen LogP contribution is 2.44. The van der Waals surface area contributed by atoms with E-state index < -0.39 is 11.4 Å². The van der Waals surface area contributed by atoms with Gasteiger partial charge in [0.15, 0.2) is 0 Å². The van der Waals surface area contributed by atoms with Gasteiger partial charge >= 0.3 is 5.97 Å². The third-order valence-corrected chi connectivity index (χ3v) is 5.49. The SMILES string of the molecule is CCC(C)(C(=O)O)c1c(OC)cc(OCc2cccc(Oc3ccccc3)c2)cc1OC. The van der Waals surface area contributed by atoms with Gasteiger partial charge in [-0.25, -0.2) is 0 Å². The quantitative estimate of drug-likeness (QED) is 0.431. The second-order valence-corrected chi connectivity index (χ2v) is 7.54. The summed E-state index contributed by atoms with van der Waals surface area (Å²) in [5, 5.41) is 9.82. The van der Waals surface area contributed by atoms with Crippen molar-refractivity contribution in [1.82, 2.24) is 0 Å². The number of carboxylic acid groups (broad SMARTS) is 1. The molecule has 6 heteroatoms. The molecular formula is C26H28O6. The van der Waals surface area contributed by atoms with Crippen molar-refractivity contribution in [3.63, 3.8) is 0 Å². The maximum Gasteiger partial charge on any atom is 0.314 e. The number of benzene rings is 3. The van der Waals surface area contributed by atoms with Crippen LogP contribution in [0.4, 0.5) is 0 Å². The molecule has 3 aromatic carbocycles. The van der Waals surface area contributed by atoms with Crippen molar-refractivity contribution in [2.75, 3.05) is 14.2 Å². The number of para-hydroxylation sites is 1. The molecule has 0 spiro atoms. The first-order chi connectivity index (χ1) is 15.4. The summed E-state index contributed by atoms with van der Waals surface area (Å²) in [6.45, 7) is 3.78. The van der Waals surface area contributed by atoms with Crippen molar-refractivity contribution in [2.24, 2.45) is 0 Å². The molecule has 1 N–H and O–H groups in total. The number of carbonyl (C=O) groups is 1. The molecule has 0 aromatic heterocycles. The van der Waals surface area contributed by atoms with Gasteiger partial charge in [-0.15, -0.1) is 0 Å². The van der Waals surface area contributed by atoms with Gasteiger partial charge in [-0.2, -0.15) is 0 Å². The second kappa shape index (κ2) is 10.1. The first kappa shape index (κ1) is 23.0. The minimum Gasteiger partial charge on any atom is -0.496 e. The fourth-order valence-electron chi connectivity index (χ4n) is 3.44. The smallest absolute Gasteiger partial charge is 0.314 e. The van der Waals surface area contributed by atoms with Crippen molar-refractivity contribution < 1.29 is 28.8 Å². The summed E-state index contributed by atoms with van der Waals surface area (Å²) in [4.78, 5) is 12.0. The highest BCUT2D eigenvalue weighted by atomic mass is 16.5. The minimum atomic E-state index is -1.15. The van der Waals surface area contributed by atoms with Crippen LogP contribution in [0, 0.1) is 0 Å². The first-order valence-electron chi connectivity index (χ1n) is 10.4. The average Bonchev–Trinajstić information content (AvgIpc) is 2.82. The molecule has 6 nitrogen and oxygen atoms in total. The Morgan fingerprint density at radius 3 is 2.06 bits per heavy atom. The number of rotatable bonds is 10. The van der Waals surface area contributed by atoms with Crippen LogP contribution in [-0.4, -0.2) is 25.3 Å². The number of methoxy groups -OCH3 is 2. The van der Waals surface area contributed by atoms with Crippen molar-refractivity contribution in [2.45, 2.75) is 32.3 Å². The van der Waals surface area contributed by atoms with Crippen molar-refractivity contribution in [1.29, 1.82) is 0 Å². The molecule has 0 saturated carbocycles. The van der Waals surface area contributed by atoms with Gasteiger partial charge in [0.2, 0.25) is 0 Å². The van der Waals surface area contributed by atoms with E-state index in [2.05, 4.69) is 0 Å². The van der Waals surface area contributed by atoms with Gasteiger partial charge in [0.1, 0.15) is 35.4 Å². The zero-order valence-electron chi connectivity index (χ0n) is 18.8. The van der Waals surface area contributed by atoms with E-state index in [-0.39, 0.29) is 0 Å². The van der Waals surface area contributed by atoms with Crippen molar-refractivity contribution >= 4 is 5.97 Å². The fourth-order valence-corrected chi connectivity index (χ4v) is 3.44. The van der Waals surface area contributed by atoms with Gasteiger partial charge in [-0.05, 0) is 43.2 Å². The molecule has 0 aliphatic rings. The monoisotopic (exact) mass is 436 g/mol. The molecule has 0 heterocycles. The molecule has 0 aliphatic carbocycles. The van der Waals surface area contributed by atoms with Crippen LogP contribution < -0.4 is 18.9 Å². The van der Waals surface area contributed by atoms with E-state index in [4.69, 9.17) is 18.9 Å². The van der Waals surface area contributed by atoms with E-state index in [1.165, 1.54) is 14.2 Å². The van der Waals surface area contributed by atoms with E-state index in [9.17, 15) is 9.90 Å². The van der Waals surface area contributed by atoms with E-state index in [1.54, 1.807) is 19.1 Å². The number of hydrogen-bond acceptors (Lipinski definition) is 5. The number of hydrogen-bond donors (Lipinski definition) is 1. The molecule has 0 saturated heterocycles. The highest BCUT2D eigenvalue weighted by Gasteiger charge is 2.39. The van der Waals surface area contributed by atoms with Crippen LogP contribution in [-0.2, 0) is 16.8 Å². The lowest BCUT2D eigenvalue weighted by Crippen LogP contribution is -2.32. The summed E-state index contributed by atoms with van der Waals surface area (Å²) in [5.41, 5.74) is 0.255. The molecule has 3 aromatic rings. The largest absolute Gasteiger partial charge is 0.496 e. The lowest BCUT2D eigenvalue weighted by Gasteiger charge is -2.28. The van der Waals surface area contributed by atoms with E-state index in [0.29, 0.717) is 41.6 Å². The average molecular weight is 437 g/mol. The van der Waals surface area contributed by atoms with Gasteiger partial charge in [0, 0.05) is 12.1 Å². The molecule has 0 aliphatic heterocycles. The standard InChI is InChI=1S/C26H28O6/c1-5-26(2,25(27)28)24-22(29-3)15-21(16-23(24)30-4)31-17-18-10-9-13-20(14-18)32-19-11-7-6-8-12-19/h6-16H,5,17H2,1-4H3,(H,27,28). The van der Waals surface area contributed by atoms with Gasteiger partial charge < -0.3 is 24.1 Å². The maximum atomic E-state index is 12.0. The first-order valence-corrected chi connectivity index (χ1v) is 10.4. The summed E-state index contributed by atoms with van der Waals surface area (Å²) in [5.74, 6) is 1.86. The zero-order valence-corrected chi connectivity index (χ0v) is 18.8. The van der Waals surface area contributed by atoms with E-state index in [0.717, 1.165) is 11.3 Å². The zero-order chi connectivity index (χ0) is 23.1. The van der Waals surface area contributed by atoms with Crippen LogP contribution >= 0.6 is 0 Å². The van der Waals surface area contributed by atoms with Crippen molar-refractivity contribution in [3.05, 3.63) is 77.9 Å². The van der Waals surface area contributed by atoms with Crippen LogP contribution in [0.15, 0.2) is 66.7 Å². The Labute approximate surface area is 188 Å². The van der Waals surface area contributed by atoms with Crippen LogP contribution in [0.3, 0.4) is 0 Å². The van der Waals surface area contributed by atoms with Gasteiger partial charge in [0.25, 0.3) is 0 Å². The Kier molecular flexibility index (Phi) is 7.25. The Hall–Kier alpha value is -3.67. The van der Waals surface area contributed by atoms with Crippen LogP contribution in [0.5, 0.6) is 28.7 Å². The third-order valence-electron chi connectivity index (χ3n) is 5.49. The van der Waals surface area contributed by atoms with Gasteiger partial charge in [0.05, 0.1) is 25.2 Å². The molecule has 0 fully saturated rings. The molecular weight excluding hydrogens is 408 g/mol. The second-order valence-electron chi connectivity index (χ2n) is 7.54. The molecule has 0 radical (unpaired) electrons. The molecule has 3 rings (SSSR count). The third kappa shape index (κ3) is 4.97. The normalized spacial score (nSPS) is 12.5. The number of carboxylic acids is 1. The van der Waals surface area contributed by atoms with Crippen molar-refractivity contribution in [3.8, 4) is 28.7 Å². The Morgan fingerprint density at radius 2 is 1.50 bits per heavy atom. The lowest BCUT2D eigenvalue weighted by molar-refractivity contribution is -0.143. The number of ether oxygens (including phenoxy) is 4. The Bertz CT molecular complexity index is 1040. The molecule has 32 heavy (non-hydrogen) atoms. The highest BCUT2D eigenvalue weighted by molar-refractivity contribution is 5.83. The number of aliphatic carboxylic acids is 1. The minimum absolute atomic E-state index is 0.293. The summed E-state index contributed by atoms with van der Waals surface area (Å²) < 4.78 is 22.9. The molecule has 0 amide bonds. The Morgan fingerprint density at radius 1 is 0.875 bits per heavy atom. The molecule has 1 atom stereocenters. The fraction of sp³-hybridized carbons (Fsp3) is 0.269. The van der Waals surface area contributed by atoms with Gasteiger partial charge in [-0.3, -0.25) is 4.79 Å².